The highest BCUT2D eigenvalue weighted by atomic mass is 35.5. The number of aliphatic carboxylic acids is 1. The molecule has 1 aliphatic rings. The number of halogens is 2. The second-order valence-electron chi connectivity index (χ2n) is 9.82. The molecule has 5 nitrogen and oxygen atoms in total. The molecule has 0 bridgehead atoms. The van der Waals surface area contributed by atoms with Crippen LogP contribution < -0.4 is 0 Å². The van der Waals surface area contributed by atoms with Crippen LogP contribution in [0.3, 0.4) is 0 Å². The van der Waals surface area contributed by atoms with Crippen molar-refractivity contribution in [2.75, 3.05) is 5.75 Å². The van der Waals surface area contributed by atoms with E-state index in [0.29, 0.717) is 29.4 Å². The Morgan fingerprint density at radius 3 is 2.19 bits per heavy atom. The average molecular weight is 567 g/mol. The first-order valence-electron chi connectivity index (χ1n) is 13.6. The van der Waals surface area contributed by atoms with Crippen molar-refractivity contribution in [1.29, 1.82) is 0 Å². The fourth-order valence-corrected chi connectivity index (χ4v) is 5.16. The first-order valence-corrected chi connectivity index (χ1v) is 15.4. The zero-order chi connectivity index (χ0) is 27.3. The highest BCUT2D eigenvalue weighted by Crippen LogP contribution is 2.30. The van der Waals surface area contributed by atoms with Crippen LogP contribution in [0, 0.1) is 0 Å². The van der Waals surface area contributed by atoms with Crippen molar-refractivity contribution < 1.29 is 19.4 Å². The number of hydrogen-bond donors (Lipinski definition) is 1. The molecule has 0 saturated carbocycles. The van der Waals surface area contributed by atoms with E-state index in [4.69, 9.17) is 33.0 Å². The summed E-state index contributed by atoms with van der Waals surface area (Å²) in [7, 11) is 0. The standard InChI is InChI=1S/C18H32O3.C10H17Cl2NOS/c1-2-3-10-13-16-17(21-16)14-11-8-6-4-5-7-9-12-15-18(19)20;1-7(2)13(8(3)4)10(14)15-6-9(12)5-11/h8,11,16-17H,2-7,9-10,12-15H2,1H3,(H,19,20);5,7-8H,6H2,1-4H3/b11-8+;9-5-/t16-,17+;/m1./s1. The number of carboxylic acids is 1. The molecule has 36 heavy (non-hydrogen) atoms. The largest absolute Gasteiger partial charge is 0.481 e. The van der Waals surface area contributed by atoms with E-state index in [1.165, 1.54) is 55.8 Å². The second kappa shape index (κ2) is 22.3. The van der Waals surface area contributed by atoms with E-state index >= 15 is 0 Å². The van der Waals surface area contributed by atoms with Gasteiger partial charge in [-0.15, -0.1) is 0 Å². The molecular formula is C28H49Cl2NO4S. The number of unbranched alkanes of at least 4 members (excludes halogenated alkanes) is 7. The summed E-state index contributed by atoms with van der Waals surface area (Å²) in [5, 5.41) is 9.05. The summed E-state index contributed by atoms with van der Waals surface area (Å²) in [6.45, 7) is 10.2. The zero-order valence-electron chi connectivity index (χ0n) is 23.0. The maximum absolute atomic E-state index is 11.8. The van der Waals surface area contributed by atoms with Crippen molar-refractivity contribution in [3.05, 3.63) is 22.7 Å². The highest BCUT2D eigenvalue weighted by molar-refractivity contribution is 8.13. The summed E-state index contributed by atoms with van der Waals surface area (Å²) in [6, 6.07) is 0.396. The van der Waals surface area contributed by atoms with Gasteiger partial charge in [0.05, 0.1) is 12.2 Å². The number of ether oxygens (including phenoxy) is 1. The maximum Gasteiger partial charge on any atom is 0.303 e. The normalized spacial score (nSPS) is 17.4. The Morgan fingerprint density at radius 1 is 0.972 bits per heavy atom. The first kappa shape index (κ1) is 35.3. The van der Waals surface area contributed by atoms with Crippen LogP contribution in [-0.2, 0) is 9.53 Å². The summed E-state index contributed by atoms with van der Waals surface area (Å²) in [6.07, 6.45) is 18.7. The van der Waals surface area contributed by atoms with Crippen LogP contribution >= 0.6 is 35.0 Å². The molecule has 0 spiro atoms. The number of carbonyl (C=O) groups excluding carboxylic acids is 1. The van der Waals surface area contributed by atoms with Crippen molar-refractivity contribution in [1.82, 2.24) is 4.90 Å². The number of carbonyl (C=O) groups is 2. The molecule has 2 atom stereocenters. The van der Waals surface area contributed by atoms with Gasteiger partial charge in [-0.2, -0.15) is 0 Å². The van der Waals surface area contributed by atoms with Gasteiger partial charge in [0.2, 0.25) is 0 Å². The van der Waals surface area contributed by atoms with Crippen LogP contribution in [0.4, 0.5) is 4.79 Å². The van der Waals surface area contributed by atoms with E-state index in [1.807, 2.05) is 32.6 Å². The summed E-state index contributed by atoms with van der Waals surface area (Å²) < 4.78 is 5.66. The Labute approximate surface area is 234 Å². The molecule has 0 aromatic heterocycles. The summed E-state index contributed by atoms with van der Waals surface area (Å²) in [5.74, 6) is -0.243. The van der Waals surface area contributed by atoms with E-state index in [-0.39, 0.29) is 17.3 Å². The number of thioether (sulfide) groups is 1. The molecule has 1 heterocycles. The number of carboxylic acid groups (broad SMARTS) is 1. The van der Waals surface area contributed by atoms with E-state index < -0.39 is 5.97 Å². The van der Waals surface area contributed by atoms with E-state index in [2.05, 4.69) is 19.1 Å². The van der Waals surface area contributed by atoms with Crippen molar-refractivity contribution in [2.24, 2.45) is 0 Å². The highest BCUT2D eigenvalue weighted by Gasteiger charge is 2.36. The fraction of sp³-hybridized carbons (Fsp3) is 0.786. The zero-order valence-corrected chi connectivity index (χ0v) is 25.3. The quantitative estimate of drug-likeness (QED) is 0.102. The number of nitrogens with zero attached hydrogens (tertiary/aromatic N) is 1. The molecule has 0 aromatic rings. The van der Waals surface area contributed by atoms with E-state index in [0.717, 1.165) is 32.1 Å². The fourth-order valence-electron chi connectivity index (χ4n) is 3.91. The molecular weight excluding hydrogens is 517 g/mol. The van der Waals surface area contributed by atoms with Gasteiger partial charge < -0.3 is 14.7 Å². The second-order valence-corrected chi connectivity index (χ2v) is 11.5. The van der Waals surface area contributed by atoms with Gasteiger partial charge in [0.1, 0.15) is 0 Å². The van der Waals surface area contributed by atoms with Gasteiger partial charge in [0.25, 0.3) is 5.24 Å². The third kappa shape index (κ3) is 19.4. The van der Waals surface area contributed by atoms with Crippen LogP contribution in [0.5, 0.6) is 0 Å². The lowest BCUT2D eigenvalue weighted by atomic mass is 10.1. The van der Waals surface area contributed by atoms with Crippen LogP contribution in [0.2, 0.25) is 0 Å². The Hall–Kier alpha value is -0.690. The minimum absolute atomic E-state index is 0.0386. The van der Waals surface area contributed by atoms with Crippen LogP contribution in [0.15, 0.2) is 22.7 Å². The average Bonchev–Trinajstić information content (AvgIpc) is 3.56. The SMILES string of the molecule is CC(C)N(C(=O)SC/C(Cl)=C/Cl)C(C)C.CCCCC[C@H]1O[C@H]1C/C=C/CCCCCCCC(=O)O. The van der Waals surface area contributed by atoms with Crippen molar-refractivity contribution in [3.8, 4) is 0 Å². The minimum atomic E-state index is -0.673. The van der Waals surface area contributed by atoms with Gasteiger partial charge in [-0.3, -0.25) is 9.59 Å². The monoisotopic (exact) mass is 565 g/mol. The smallest absolute Gasteiger partial charge is 0.303 e. The molecule has 0 unspecified atom stereocenters. The van der Waals surface area contributed by atoms with Crippen molar-refractivity contribution in [2.45, 2.75) is 136 Å². The van der Waals surface area contributed by atoms with Crippen molar-refractivity contribution in [3.63, 3.8) is 0 Å². The van der Waals surface area contributed by atoms with Crippen molar-refractivity contribution >= 4 is 46.2 Å². The van der Waals surface area contributed by atoms with E-state index in [9.17, 15) is 9.59 Å². The molecule has 0 radical (unpaired) electrons. The maximum atomic E-state index is 11.8. The van der Waals surface area contributed by atoms with E-state index in [1.54, 1.807) is 0 Å². The number of hydrogen-bond acceptors (Lipinski definition) is 4. The molecule has 0 aliphatic carbocycles. The number of epoxide rings is 1. The van der Waals surface area contributed by atoms with Gasteiger partial charge in [0, 0.05) is 34.8 Å². The number of rotatable bonds is 18. The number of allylic oxidation sites excluding steroid dienone is 1. The Bertz CT molecular complexity index is 647. The third-order valence-corrected chi connectivity index (χ3v) is 7.54. The molecule has 1 fully saturated rings. The van der Waals surface area contributed by atoms with Crippen LogP contribution in [0.25, 0.3) is 0 Å². The van der Waals surface area contributed by atoms with Gasteiger partial charge in [-0.05, 0) is 59.8 Å². The Morgan fingerprint density at radius 2 is 1.61 bits per heavy atom. The molecule has 1 aliphatic heterocycles. The van der Waals surface area contributed by atoms with Crippen LogP contribution in [-0.4, -0.2) is 51.3 Å². The molecule has 1 rings (SSSR count). The molecule has 1 amide bonds. The predicted octanol–water partition coefficient (Wildman–Crippen LogP) is 9.37. The third-order valence-electron chi connectivity index (χ3n) is 5.85. The Balaban J connectivity index is 0.000000723. The van der Waals surface area contributed by atoms with Gasteiger partial charge in [-0.25, -0.2) is 0 Å². The predicted molar refractivity (Wildman–Crippen MR) is 156 cm³/mol. The molecule has 8 heteroatoms. The summed E-state index contributed by atoms with van der Waals surface area (Å²) in [5.41, 5.74) is 1.29. The topological polar surface area (TPSA) is 70.1 Å². The van der Waals surface area contributed by atoms with Crippen LogP contribution in [0.1, 0.15) is 112 Å². The Kier molecular flexibility index (Phi) is 21.9. The van der Waals surface area contributed by atoms with Gasteiger partial charge in [-0.1, -0.05) is 92.6 Å². The molecule has 0 aromatic carbocycles. The lowest BCUT2D eigenvalue weighted by Gasteiger charge is -2.30. The number of amides is 1. The minimum Gasteiger partial charge on any atom is -0.481 e. The summed E-state index contributed by atoms with van der Waals surface area (Å²) in [4.78, 5) is 24.0. The molecule has 210 valence electrons. The molecule has 1 saturated heterocycles. The first-order chi connectivity index (χ1) is 17.1. The molecule has 1 N–H and O–H groups in total. The lowest BCUT2D eigenvalue weighted by molar-refractivity contribution is -0.137. The lowest BCUT2D eigenvalue weighted by Crippen LogP contribution is -2.39. The van der Waals surface area contributed by atoms with Gasteiger partial charge in [0.15, 0.2) is 0 Å². The van der Waals surface area contributed by atoms with Gasteiger partial charge >= 0.3 is 5.97 Å². The summed E-state index contributed by atoms with van der Waals surface area (Å²) >= 11 is 12.3.